The Morgan fingerprint density at radius 1 is 1.40 bits per heavy atom. The van der Waals surface area contributed by atoms with Gasteiger partial charge in [-0.05, 0) is 30.5 Å². The van der Waals surface area contributed by atoms with E-state index >= 15 is 0 Å². The van der Waals surface area contributed by atoms with Crippen molar-refractivity contribution in [3.63, 3.8) is 0 Å². The summed E-state index contributed by atoms with van der Waals surface area (Å²) in [5, 5.41) is 0.497. The first-order valence-electron chi connectivity index (χ1n) is 4.81. The first-order valence-corrected chi connectivity index (χ1v) is 5.18. The molecule has 0 heterocycles. The Labute approximate surface area is 95.7 Å². The van der Waals surface area contributed by atoms with Crippen LogP contribution in [0.2, 0.25) is 0 Å². The molecule has 2 nitrogen and oxygen atoms in total. The maximum Gasteiger partial charge on any atom is 0.125 e. The SMILES string of the molecule is C=C(Cl)COc1c(C)cc(CN)cc1C. The average molecular weight is 226 g/mol. The van der Waals surface area contributed by atoms with E-state index in [9.17, 15) is 0 Å². The van der Waals surface area contributed by atoms with E-state index in [4.69, 9.17) is 22.1 Å². The molecule has 1 aromatic carbocycles. The molecule has 1 rings (SSSR count). The maximum atomic E-state index is 5.65. The second kappa shape index (κ2) is 5.19. The fourth-order valence-corrected chi connectivity index (χ4v) is 1.59. The van der Waals surface area contributed by atoms with E-state index in [1.807, 2.05) is 26.0 Å². The summed E-state index contributed by atoms with van der Waals surface area (Å²) in [6, 6.07) is 4.05. The van der Waals surface area contributed by atoms with E-state index in [-0.39, 0.29) is 0 Å². The molecule has 0 saturated heterocycles. The highest BCUT2D eigenvalue weighted by atomic mass is 35.5. The molecule has 0 radical (unpaired) electrons. The molecular weight excluding hydrogens is 210 g/mol. The summed E-state index contributed by atoms with van der Waals surface area (Å²) in [5.74, 6) is 0.869. The molecule has 2 N–H and O–H groups in total. The van der Waals surface area contributed by atoms with E-state index in [1.54, 1.807) is 0 Å². The van der Waals surface area contributed by atoms with Crippen LogP contribution in [0, 0.1) is 13.8 Å². The van der Waals surface area contributed by atoms with Crippen LogP contribution < -0.4 is 10.5 Å². The van der Waals surface area contributed by atoms with Gasteiger partial charge in [-0.1, -0.05) is 30.3 Å². The fraction of sp³-hybridized carbons (Fsp3) is 0.333. The minimum absolute atomic E-state index is 0.338. The Morgan fingerprint density at radius 2 is 1.93 bits per heavy atom. The number of ether oxygens (including phenoxy) is 1. The zero-order valence-electron chi connectivity index (χ0n) is 9.14. The number of hydrogen-bond donors (Lipinski definition) is 1. The van der Waals surface area contributed by atoms with Crippen molar-refractivity contribution in [3.8, 4) is 5.75 Å². The molecule has 0 saturated carbocycles. The van der Waals surface area contributed by atoms with Gasteiger partial charge in [0, 0.05) is 11.6 Å². The van der Waals surface area contributed by atoms with Crippen molar-refractivity contribution in [1.82, 2.24) is 0 Å². The summed E-state index contributed by atoms with van der Waals surface area (Å²) in [5.41, 5.74) is 8.85. The Morgan fingerprint density at radius 3 is 2.33 bits per heavy atom. The van der Waals surface area contributed by atoms with Gasteiger partial charge in [0.15, 0.2) is 0 Å². The largest absolute Gasteiger partial charge is 0.487 e. The van der Waals surface area contributed by atoms with Gasteiger partial charge in [-0.15, -0.1) is 0 Å². The third-order valence-corrected chi connectivity index (χ3v) is 2.24. The molecule has 0 atom stereocenters. The highest BCUT2D eigenvalue weighted by Crippen LogP contribution is 2.25. The number of benzene rings is 1. The van der Waals surface area contributed by atoms with Crippen LogP contribution in [0.4, 0.5) is 0 Å². The van der Waals surface area contributed by atoms with Crippen LogP contribution in [-0.2, 0) is 6.54 Å². The lowest BCUT2D eigenvalue weighted by atomic mass is 10.1. The Balaban J connectivity index is 2.92. The van der Waals surface area contributed by atoms with Crippen LogP contribution in [0.5, 0.6) is 5.75 Å². The molecule has 1 aromatic rings. The predicted molar refractivity (Wildman–Crippen MR) is 64.3 cm³/mol. The first-order chi connectivity index (χ1) is 7.04. The summed E-state index contributed by atoms with van der Waals surface area (Å²) >= 11 is 5.65. The van der Waals surface area contributed by atoms with Gasteiger partial charge in [-0.25, -0.2) is 0 Å². The van der Waals surface area contributed by atoms with Crippen LogP contribution in [0.1, 0.15) is 16.7 Å². The van der Waals surface area contributed by atoms with Gasteiger partial charge in [0.1, 0.15) is 12.4 Å². The summed E-state index contributed by atoms with van der Waals surface area (Å²) in [4.78, 5) is 0. The van der Waals surface area contributed by atoms with Crippen molar-refractivity contribution in [3.05, 3.63) is 40.4 Å². The lowest BCUT2D eigenvalue weighted by Gasteiger charge is -2.13. The molecule has 0 unspecified atom stereocenters. The molecule has 82 valence electrons. The summed E-state index contributed by atoms with van der Waals surface area (Å²) in [7, 11) is 0. The summed E-state index contributed by atoms with van der Waals surface area (Å²) in [6.07, 6.45) is 0. The number of hydrogen-bond acceptors (Lipinski definition) is 2. The molecule has 0 spiro atoms. The lowest BCUT2D eigenvalue weighted by Crippen LogP contribution is -2.03. The molecule has 0 fully saturated rings. The van der Waals surface area contributed by atoms with E-state index in [1.165, 1.54) is 0 Å². The van der Waals surface area contributed by atoms with Gasteiger partial charge in [-0.3, -0.25) is 0 Å². The van der Waals surface area contributed by atoms with Crippen molar-refractivity contribution < 1.29 is 4.74 Å². The van der Waals surface area contributed by atoms with Crippen molar-refractivity contribution in [1.29, 1.82) is 0 Å². The number of aryl methyl sites for hydroxylation is 2. The number of nitrogens with two attached hydrogens (primary N) is 1. The van der Waals surface area contributed by atoms with Gasteiger partial charge in [0.2, 0.25) is 0 Å². The van der Waals surface area contributed by atoms with Gasteiger partial charge in [-0.2, -0.15) is 0 Å². The van der Waals surface area contributed by atoms with Crippen molar-refractivity contribution in [2.24, 2.45) is 5.73 Å². The highest BCUT2D eigenvalue weighted by molar-refractivity contribution is 6.29. The van der Waals surface area contributed by atoms with Crippen molar-refractivity contribution in [2.75, 3.05) is 6.61 Å². The summed E-state index contributed by atoms with van der Waals surface area (Å²) < 4.78 is 5.56. The zero-order chi connectivity index (χ0) is 11.4. The molecule has 0 aromatic heterocycles. The normalized spacial score (nSPS) is 10.1. The van der Waals surface area contributed by atoms with E-state index in [2.05, 4.69) is 6.58 Å². The molecule has 0 aliphatic carbocycles. The van der Waals surface area contributed by atoms with Gasteiger partial charge in [0.25, 0.3) is 0 Å². The van der Waals surface area contributed by atoms with Gasteiger partial charge >= 0.3 is 0 Å². The van der Waals surface area contributed by atoms with Crippen LogP contribution in [0.15, 0.2) is 23.7 Å². The molecule has 0 amide bonds. The lowest BCUT2D eigenvalue weighted by molar-refractivity contribution is 0.354. The maximum absolute atomic E-state index is 5.65. The van der Waals surface area contributed by atoms with Crippen LogP contribution >= 0.6 is 11.6 Å². The first kappa shape index (κ1) is 12.1. The third-order valence-electron chi connectivity index (χ3n) is 2.13. The molecule has 0 aliphatic heterocycles. The van der Waals surface area contributed by atoms with Gasteiger partial charge < -0.3 is 10.5 Å². The number of halogens is 1. The van der Waals surface area contributed by atoms with E-state index in [0.717, 1.165) is 22.4 Å². The predicted octanol–water partition coefficient (Wildman–Crippen LogP) is 2.89. The molecular formula is C12H16ClNO. The topological polar surface area (TPSA) is 35.2 Å². The third kappa shape index (κ3) is 3.26. The quantitative estimate of drug-likeness (QED) is 0.855. The second-order valence-electron chi connectivity index (χ2n) is 3.57. The number of rotatable bonds is 4. The Hall–Kier alpha value is -0.990. The van der Waals surface area contributed by atoms with Crippen LogP contribution in [0.3, 0.4) is 0 Å². The summed E-state index contributed by atoms with van der Waals surface area (Å²) in [6.45, 7) is 8.46. The fourth-order valence-electron chi connectivity index (χ4n) is 1.54. The van der Waals surface area contributed by atoms with E-state index < -0.39 is 0 Å². The molecule has 15 heavy (non-hydrogen) atoms. The average Bonchev–Trinajstić information content (AvgIpc) is 2.15. The minimum Gasteiger partial charge on any atom is -0.487 e. The second-order valence-corrected chi connectivity index (χ2v) is 4.10. The zero-order valence-corrected chi connectivity index (χ0v) is 9.90. The molecule has 0 bridgehead atoms. The minimum atomic E-state index is 0.338. The monoisotopic (exact) mass is 225 g/mol. The standard InChI is InChI=1S/C12H16ClNO/c1-8-4-11(6-14)5-9(2)12(8)15-7-10(3)13/h4-5H,3,6-7,14H2,1-2H3. The van der Waals surface area contributed by atoms with Gasteiger partial charge in [0.05, 0.1) is 0 Å². The Bertz CT molecular complexity index is 351. The van der Waals surface area contributed by atoms with E-state index in [0.29, 0.717) is 18.2 Å². The van der Waals surface area contributed by atoms with Crippen LogP contribution in [0.25, 0.3) is 0 Å². The molecule has 3 heteroatoms. The van der Waals surface area contributed by atoms with Crippen molar-refractivity contribution in [2.45, 2.75) is 20.4 Å². The Kier molecular flexibility index (Phi) is 4.18. The molecule has 0 aliphatic rings. The van der Waals surface area contributed by atoms with Crippen LogP contribution in [-0.4, -0.2) is 6.61 Å². The smallest absolute Gasteiger partial charge is 0.125 e. The highest BCUT2D eigenvalue weighted by Gasteiger charge is 2.05. The van der Waals surface area contributed by atoms with Crippen molar-refractivity contribution >= 4 is 11.6 Å².